The fourth-order valence-corrected chi connectivity index (χ4v) is 5.09. The SMILES string of the molecule is CCNC(=NCCc1csc(CC)n1)N1CCN(S(=O)(=O)CCOC(C)C)CC1. The van der Waals surface area contributed by atoms with Crippen LogP contribution in [0.4, 0.5) is 0 Å². The highest BCUT2D eigenvalue weighted by Gasteiger charge is 2.28. The summed E-state index contributed by atoms with van der Waals surface area (Å²) < 4.78 is 32.0. The lowest BCUT2D eigenvalue weighted by molar-refractivity contribution is 0.0904. The highest BCUT2D eigenvalue weighted by molar-refractivity contribution is 7.89. The molecule has 0 amide bonds. The Morgan fingerprint density at radius 1 is 1.31 bits per heavy atom. The van der Waals surface area contributed by atoms with Crippen LogP contribution in [0.5, 0.6) is 0 Å². The summed E-state index contributed by atoms with van der Waals surface area (Å²) in [5.41, 5.74) is 1.09. The van der Waals surface area contributed by atoms with Crippen molar-refractivity contribution in [3.63, 3.8) is 0 Å². The quantitative estimate of drug-likeness (QED) is 0.435. The summed E-state index contributed by atoms with van der Waals surface area (Å²) in [4.78, 5) is 11.5. The van der Waals surface area contributed by atoms with Gasteiger partial charge in [-0.3, -0.25) is 4.99 Å². The molecule has 0 atom stereocenters. The summed E-state index contributed by atoms with van der Waals surface area (Å²) >= 11 is 1.70. The van der Waals surface area contributed by atoms with E-state index in [-0.39, 0.29) is 18.5 Å². The van der Waals surface area contributed by atoms with Crippen LogP contribution in [0.3, 0.4) is 0 Å². The minimum Gasteiger partial charge on any atom is -0.378 e. The highest BCUT2D eigenvalue weighted by atomic mass is 32.2. The van der Waals surface area contributed by atoms with Gasteiger partial charge >= 0.3 is 0 Å². The van der Waals surface area contributed by atoms with Crippen LogP contribution in [0.25, 0.3) is 0 Å². The summed E-state index contributed by atoms with van der Waals surface area (Å²) in [6.45, 7) is 11.9. The number of rotatable bonds is 10. The molecule has 0 aliphatic carbocycles. The zero-order valence-electron chi connectivity index (χ0n) is 18.1. The van der Waals surface area contributed by atoms with Crippen LogP contribution in [-0.4, -0.2) is 86.3 Å². The normalized spacial score (nSPS) is 16.6. The van der Waals surface area contributed by atoms with Crippen molar-refractivity contribution < 1.29 is 13.2 Å². The van der Waals surface area contributed by atoms with Gasteiger partial charge in [-0.15, -0.1) is 11.3 Å². The summed E-state index contributed by atoms with van der Waals surface area (Å²) in [6.07, 6.45) is 1.82. The van der Waals surface area contributed by atoms with E-state index in [1.165, 1.54) is 0 Å². The van der Waals surface area contributed by atoms with Crippen molar-refractivity contribution in [2.24, 2.45) is 4.99 Å². The molecule has 1 aliphatic heterocycles. The molecule has 1 N–H and O–H groups in total. The smallest absolute Gasteiger partial charge is 0.216 e. The second kappa shape index (κ2) is 11.8. The van der Waals surface area contributed by atoms with Crippen molar-refractivity contribution in [1.29, 1.82) is 0 Å². The van der Waals surface area contributed by atoms with E-state index < -0.39 is 10.0 Å². The highest BCUT2D eigenvalue weighted by Crippen LogP contribution is 2.11. The Morgan fingerprint density at radius 3 is 2.62 bits per heavy atom. The molecule has 29 heavy (non-hydrogen) atoms. The van der Waals surface area contributed by atoms with Crippen molar-refractivity contribution >= 4 is 27.3 Å². The molecule has 1 aliphatic rings. The maximum atomic E-state index is 12.5. The molecule has 166 valence electrons. The van der Waals surface area contributed by atoms with E-state index in [2.05, 4.69) is 27.5 Å². The van der Waals surface area contributed by atoms with E-state index in [9.17, 15) is 8.42 Å². The van der Waals surface area contributed by atoms with Crippen molar-refractivity contribution in [3.05, 3.63) is 16.1 Å². The number of aliphatic imine (C=N–C) groups is 1. The van der Waals surface area contributed by atoms with E-state index in [1.807, 2.05) is 20.8 Å². The van der Waals surface area contributed by atoms with Crippen molar-refractivity contribution in [3.8, 4) is 0 Å². The third kappa shape index (κ3) is 7.84. The van der Waals surface area contributed by atoms with E-state index in [1.54, 1.807) is 15.6 Å². The predicted octanol–water partition coefficient (Wildman–Crippen LogP) is 1.59. The molecule has 1 saturated heterocycles. The maximum absolute atomic E-state index is 12.5. The van der Waals surface area contributed by atoms with Gasteiger partial charge in [0.15, 0.2) is 5.96 Å². The lowest BCUT2D eigenvalue weighted by atomic mass is 10.3. The summed E-state index contributed by atoms with van der Waals surface area (Å²) in [6, 6.07) is 0. The summed E-state index contributed by atoms with van der Waals surface area (Å²) in [5.74, 6) is 0.880. The second-order valence-electron chi connectivity index (χ2n) is 7.19. The largest absolute Gasteiger partial charge is 0.378 e. The number of thiazole rings is 1. The minimum absolute atomic E-state index is 0.0345. The number of sulfonamides is 1. The van der Waals surface area contributed by atoms with Crippen LogP contribution < -0.4 is 5.32 Å². The number of piperazine rings is 1. The molecule has 10 heteroatoms. The molecule has 0 radical (unpaired) electrons. The van der Waals surface area contributed by atoms with E-state index in [4.69, 9.17) is 9.73 Å². The molecular formula is C19H35N5O3S2. The second-order valence-corrected chi connectivity index (χ2v) is 10.2. The number of guanidine groups is 1. The fourth-order valence-electron chi connectivity index (χ4n) is 3.02. The maximum Gasteiger partial charge on any atom is 0.216 e. The van der Waals surface area contributed by atoms with E-state index in [0.29, 0.717) is 32.7 Å². The van der Waals surface area contributed by atoms with Crippen molar-refractivity contribution in [1.82, 2.24) is 19.5 Å². The summed E-state index contributed by atoms with van der Waals surface area (Å²) in [7, 11) is -3.28. The zero-order valence-corrected chi connectivity index (χ0v) is 19.7. The van der Waals surface area contributed by atoms with Gasteiger partial charge in [-0.05, 0) is 27.2 Å². The van der Waals surface area contributed by atoms with Crippen LogP contribution in [0.15, 0.2) is 10.4 Å². The van der Waals surface area contributed by atoms with Crippen LogP contribution >= 0.6 is 11.3 Å². The lowest BCUT2D eigenvalue weighted by Gasteiger charge is -2.35. The molecule has 1 fully saturated rings. The Kier molecular flexibility index (Phi) is 9.81. The number of ether oxygens (including phenoxy) is 1. The van der Waals surface area contributed by atoms with Gasteiger partial charge < -0.3 is 15.0 Å². The molecular weight excluding hydrogens is 410 g/mol. The van der Waals surface area contributed by atoms with Crippen molar-refractivity contribution in [2.75, 3.05) is 51.6 Å². The monoisotopic (exact) mass is 445 g/mol. The first-order valence-electron chi connectivity index (χ1n) is 10.4. The van der Waals surface area contributed by atoms with Gasteiger partial charge in [0.25, 0.3) is 0 Å². The molecule has 1 aromatic rings. The number of nitrogens with one attached hydrogen (secondary N) is 1. The molecule has 0 spiro atoms. The van der Waals surface area contributed by atoms with E-state index >= 15 is 0 Å². The van der Waals surface area contributed by atoms with Crippen LogP contribution in [0.2, 0.25) is 0 Å². The standard InChI is InChI=1S/C19H35N5O3S2/c1-5-18-22-17(15-28-18)7-8-21-19(20-6-2)23-9-11-24(12-10-23)29(25,26)14-13-27-16(3)4/h15-16H,5-14H2,1-4H3,(H,20,21). The first-order valence-corrected chi connectivity index (χ1v) is 12.9. The zero-order chi connectivity index (χ0) is 21.3. The molecule has 2 rings (SSSR count). The Balaban J connectivity index is 1.86. The van der Waals surface area contributed by atoms with Crippen molar-refractivity contribution in [2.45, 2.75) is 46.6 Å². The van der Waals surface area contributed by atoms with Gasteiger partial charge in [0.2, 0.25) is 10.0 Å². The third-order valence-electron chi connectivity index (χ3n) is 4.59. The Labute approximate surface area is 179 Å². The van der Waals surface area contributed by atoms with Crippen LogP contribution in [0, 0.1) is 0 Å². The molecule has 2 heterocycles. The van der Waals surface area contributed by atoms with Gasteiger partial charge in [0.1, 0.15) is 0 Å². The first-order chi connectivity index (χ1) is 13.9. The van der Waals surface area contributed by atoms with Crippen LogP contribution in [0.1, 0.15) is 38.4 Å². The average Bonchev–Trinajstić information content (AvgIpc) is 3.15. The topological polar surface area (TPSA) is 87.1 Å². The van der Waals surface area contributed by atoms with Gasteiger partial charge in [0, 0.05) is 51.1 Å². The lowest BCUT2D eigenvalue weighted by Crippen LogP contribution is -2.54. The van der Waals surface area contributed by atoms with Gasteiger partial charge in [-0.25, -0.2) is 13.4 Å². The molecule has 0 bridgehead atoms. The molecule has 0 unspecified atom stereocenters. The van der Waals surface area contributed by atoms with Gasteiger partial charge in [0.05, 0.1) is 29.2 Å². The molecule has 0 saturated carbocycles. The van der Waals surface area contributed by atoms with Crippen LogP contribution in [-0.2, 0) is 27.6 Å². The first kappa shape index (κ1) is 24.0. The number of hydrogen-bond acceptors (Lipinski definition) is 6. The molecule has 1 aromatic heterocycles. The Morgan fingerprint density at radius 2 is 2.03 bits per heavy atom. The predicted molar refractivity (Wildman–Crippen MR) is 119 cm³/mol. The number of nitrogens with zero attached hydrogens (tertiary/aromatic N) is 4. The fraction of sp³-hybridized carbons (Fsp3) is 0.789. The Bertz CT molecular complexity index is 741. The summed E-state index contributed by atoms with van der Waals surface area (Å²) in [5, 5.41) is 6.59. The average molecular weight is 446 g/mol. The van der Waals surface area contributed by atoms with Gasteiger partial charge in [-0.2, -0.15) is 4.31 Å². The number of aromatic nitrogens is 1. The van der Waals surface area contributed by atoms with Gasteiger partial charge in [-0.1, -0.05) is 6.92 Å². The minimum atomic E-state index is -3.28. The molecule has 8 nitrogen and oxygen atoms in total. The number of aryl methyl sites for hydroxylation is 1. The Hall–Kier alpha value is -1.23. The third-order valence-corrected chi connectivity index (χ3v) is 7.47. The number of hydrogen-bond donors (Lipinski definition) is 1. The molecule has 0 aromatic carbocycles. The van der Waals surface area contributed by atoms with E-state index in [0.717, 1.165) is 36.0 Å².